The lowest BCUT2D eigenvalue weighted by Crippen LogP contribution is -2.51. The van der Waals surface area contributed by atoms with Gasteiger partial charge in [0.1, 0.15) is 0 Å². The van der Waals surface area contributed by atoms with Crippen LogP contribution in [-0.4, -0.2) is 22.9 Å². The molecule has 0 saturated heterocycles. The highest BCUT2D eigenvalue weighted by atomic mass is 16.2. The molecule has 96 valence electrons. The van der Waals surface area contributed by atoms with Gasteiger partial charge in [0.25, 0.3) is 0 Å². The standard InChI is InChI=1S/C14H29NO/c1-9(2)13(10(3)4)15(12(7)8)14(16)11(5)6/h9-13H,1-8H3. The second kappa shape index (κ2) is 6.27. The summed E-state index contributed by atoms with van der Waals surface area (Å²) in [6.45, 7) is 17.0. The Balaban J connectivity index is 5.08. The van der Waals surface area contributed by atoms with Crippen LogP contribution in [0.25, 0.3) is 0 Å². The van der Waals surface area contributed by atoms with Crippen LogP contribution >= 0.6 is 0 Å². The Kier molecular flexibility index (Phi) is 6.06. The van der Waals surface area contributed by atoms with E-state index in [0.29, 0.717) is 17.9 Å². The summed E-state index contributed by atoms with van der Waals surface area (Å²) >= 11 is 0. The van der Waals surface area contributed by atoms with Gasteiger partial charge in [-0.15, -0.1) is 0 Å². The van der Waals surface area contributed by atoms with Crippen LogP contribution < -0.4 is 0 Å². The average molecular weight is 227 g/mol. The first-order valence-corrected chi connectivity index (χ1v) is 6.52. The van der Waals surface area contributed by atoms with E-state index < -0.39 is 0 Å². The van der Waals surface area contributed by atoms with Gasteiger partial charge in [0, 0.05) is 18.0 Å². The van der Waals surface area contributed by atoms with Gasteiger partial charge in [-0.3, -0.25) is 4.79 Å². The summed E-state index contributed by atoms with van der Waals surface area (Å²) < 4.78 is 0. The van der Waals surface area contributed by atoms with Gasteiger partial charge in [0.2, 0.25) is 5.91 Å². The fraction of sp³-hybridized carbons (Fsp3) is 0.929. The molecule has 0 spiro atoms. The number of amides is 1. The van der Waals surface area contributed by atoms with Crippen molar-refractivity contribution in [3.63, 3.8) is 0 Å². The quantitative estimate of drug-likeness (QED) is 0.703. The fourth-order valence-electron chi connectivity index (χ4n) is 2.46. The van der Waals surface area contributed by atoms with Crippen molar-refractivity contribution in [1.82, 2.24) is 4.90 Å². The zero-order valence-corrected chi connectivity index (χ0v) is 12.2. The molecule has 0 rings (SSSR count). The Morgan fingerprint density at radius 1 is 0.812 bits per heavy atom. The molecule has 2 heteroatoms. The van der Waals surface area contributed by atoms with E-state index in [1.165, 1.54) is 0 Å². The van der Waals surface area contributed by atoms with E-state index in [-0.39, 0.29) is 17.9 Å². The van der Waals surface area contributed by atoms with Crippen molar-refractivity contribution < 1.29 is 4.79 Å². The maximum absolute atomic E-state index is 12.3. The highest BCUT2D eigenvalue weighted by molar-refractivity contribution is 5.78. The molecule has 0 aliphatic heterocycles. The number of carbonyl (C=O) groups is 1. The van der Waals surface area contributed by atoms with Crippen LogP contribution in [0.5, 0.6) is 0 Å². The van der Waals surface area contributed by atoms with Crippen molar-refractivity contribution in [3.8, 4) is 0 Å². The third kappa shape index (κ3) is 3.80. The van der Waals surface area contributed by atoms with E-state index in [4.69, 9.17) is 0 Å². The SMILES string of the molecule is CC(C)C(=O)N(C(C)C)C(C(C)C)C(C)C. The topological polar surface area (TPSA) is 20.3 Å². The van der Waals surface area contributed by atoms with Gasteiger partial charge in [-0.05, 0) is 25.7 Å². The van der Waals surface area contributed by atoms with Crippen LogP contribution in [-0.2, 0) is 4.79 Å². The number of hydrogen-bond acceptors (Lipinski definition) is 1. The molecule has 2 nitrogen and oxygen atoms in total. The molecule has 0 aromatic heterocycles. The van der Waals surface area contributed by atoms with Crippen LogP contribution in [0.4, 0.5) is 0 Å². The van der Waals surface area contributed by atoms with Crippen molar-refractivity contribution in [3.05, 3.63) is 0 Å². The van der Waals surface area contributed by atoms with Crippen molar-refractivity contribution in [2.75, 3.05) is 0 Å². The molecular formula is C14H29NO. The van der Waals surface area contributed by atoms with Crippen LogP contribution in [0.3, 0.4) is 0 Å². The first kappa shape index (κ1) is 15.5. The maximum atomic E-state index is 12.3. The predicted octanol–water partition coefficient (Wildman–Crippen LogP) is 3.56. The van der Waals surface area contributed by atoms with E-state index in [1.807, 2.05) is 13.8 Å². The molecule has 0 saturated carbocycles. The molecule has 16 heavy (non-hydrogen) atoms. The Hall–Kier alpha value is -0.530. The average Bonchev–Trinajstić information content (AvgIpc) is 2.10. The minimum atomic E-state index is 0.0856. The molecule has 0 aromatic carbocycles. The summed E-state index contributed by atoms with van der Waals surface area (Å²) in [6, 6.07) is 0.625. The summed E-state index contributed by atoms with van der Waals surface area (Å²) in [4.78, 5) is 14.3. The van der Waals surface area contributed by atoms with E-state index in [0.717, 1.165) is 0 Å². The van der Waals surface area contributed by atoms with Gasteiger partial charge in [-0.25, -0.2) is 0 Å². The Labute approximate surface area is 101 Å². The molecule has 0 aliphatic carbocycles. The van der Waals surface area contributed by atoms with Gasteiger partial charge in [-0.2, -0.15) is 0 Å². The molecule has 1 amide bonds. The fourth-order valence-corrected chi connectivity index (χ4v) is 2.46. The Bertz CT molecular complexity index is 211. The predicted molar refractivity (Wildman–Crippen MR) is 70.3 cm³/mol. The first-order valence-electron chi connectivity index (χ1n) is 6.52. The molecule has 0 aliphatic rings. The normalized spacial score (nSPS) is 12.3. The molecule has 0 aromatic rings. The summed E-state index contributed by atoms with van der Waals surface area (Å²) in [6.07, 6.45) is 0. The molecule has 0 atom stereocenters. The molecular weight excluding hydrogens is 198 g/mol. The van der Waals surface area contributed by atoms with E-state index in [1.54, 1.807) is 0 Å². The Morgan fingerprint density at radius 2 is 1.19 bits per heavy atom. The smallest absolute Gasteiger partial charge is 0.225 e. The lowest BCUT2D eigenvalue weighted by Gasteiger charge is -2.41. The van der Waals surface area contributed by atoms with E-state index in [2.05, 4.69) is 46.4 Å². The van der Waals surface area contributed by atoms with Crippen molar-refractivity contribution in [2.45, 2.75) is 67.5 Å². The largest absolute Gasteiger partial charge is 0.337 e. The number of nitrogens with zero attached hydrogens (tertiary/aromatic N) is 1. The van der Waals surface area contributed by atoms with Crippen molar-refractivity contribution >= 4 is 5.91 Å². The molecule has 0 bridgehead atoms. The molecule has 0 N–H and O–H groups in total. The van der Waals surface area contributed by atoms with Gasteiger partial charge < -0.3 is 4.90 Å². The summed E-state index contributed by atoms with van der Waals surface area (Å²) in [5.74, 6) is 1.37. The van der Waals surface area contributed by atoms with Crippen molar-refractivity contribution in [2.24, 2.45) is 17.8 Å². The lowest BCUT2D eigenvalue weighted by molar-refractivity contribution is -0.141. The summed E-state index contributed by atoms with van der Waals surface area (Å²) in [5.41, 5.74) is 0. The number of carbonyl (C=O) groups excluding carboxylic acids is 1. The maximum Gasteiger partial charge on any atom is 0.225 e. The molecule has 0 fully saturated rings. The second-order valence-corrected chi connectivity index (χ2v) is 5.97. The third-order valence-electron chi connectivity index (χ3n) is 2.99. The number of hydrogen-bond donors (Lipinski definition) is 0. The van der Waals surface area contributed by atoms with Crippen LogP contribution in [0.15, 0.2) is 0 Å². The van der Waals surface area contributed by atoms with E-state index >= 15 is 0 Å². The van der Waals surface area contributed by atoms with Gasteiger partial charge >= 0.3 is 0 Å². The minimum Gasteiger partial charge on any atom is -0.337 e. The lowest BCUT2D eigenvalue weighted by atomic mass is 9.89. The highest BCUT2D eigenvalue weighted by Gasteiger charge is 2.31. The minimum absolute atomic E-state index is 0.0856. The van der Waals surface area contributed by atoms with Crippen LogP contribution in [0.2, 0.25) is 0 Å². The van der Waals surface area contributed by atoms with Gasteiger partial charge in [0.15, 0.2) is 0 Å². The third-order valence-corrected chi connectivity index (χ3v) is 2.99. The number of rotatable bonds is 5. The van der Waals surface area contributed by atoms with Gasteiger partial charge in [0.05, 0.1) is 0 Å². The molecule has 0 unspecified atom stereocenters. The summed E-state index contributed by atoms with van der Waals surface area (Å²) in [5, 5.41) is 0. The van der Waals surface area contributed by atoms with E-state index in [9.17, 15) is 4.79 Å². The second-order valence-electron chi connectivity index (χ2n) is 5.97. The highest BCUT2D eigenvalue weighted by Crippen LogP contribution is 2.23. The van der Waals surface area contributed by atoms with Gasteiger partial charge in [-0.1, -0.05) is 41.5 Å². The van der Waals surface area contributed by atoms with Crippen LogP contribution in [0, 0.1) is 17.8 Å². The molecule has 0 heterocycles. The van der Waals surface area contributed by atoms with Crippen LogP contribution in [0.1, 0.15) is 55.4 Å². The van der Waals surface area contributed by atoms with Crippen molar-refractivity contribution in [1.29, 1.82) is 0 Å². The summed E-state index contributed by atoms with van der Waals surface area (Å²) in [7, 11) is 0. The molecule has 0 radical (unpaired) electrons. The first-order chi connectivity index (χ1) is 7.20. The zero-order valence-electron chi connectivity index (χ0n) is 12.2. The monoisotopic (exact) mass is 227 g/mol. The zero-order chi connectivity index (χ0) is 13.0. The Morgan fingerprint density at radius 3 is 1.38 bits per heavy atom.